The molecule has 1 aromatic rings. The molecule has 1 fully saturated rings. The fourth-order valence-electron chi connectivity index (χ4n) is 2.08. The highest BCUT2D eigenvalue weighted by atomic mass is 16.3. The maximum absolute atomic E-state index is 9.45. The summed E-state index contributed by atoms with van der Waals surface area (Å²) in [4.78, 5) is 2.33. The van der Waals surface area contributed by atoms with Gasteiger partial charge in [-0.1, -0.05) is 12.1 Å². The molecule has 2 rings (SSSR count). The Hall–Kier alpha value is -1.10. The normalized spacial score (nSPS) is 20.4. The quantitative estimate of drug-likeness (QED) is 0.826. The van der Waals surface area contributed by atoms with E-state index in [-0.39, 0.29) is 6.04 Å². The van der Waals surface area contributed by atoms with Gasteiger partial charge in [-0.3, -0.25) is 0 Å². The van der Waals surface area contributed by atoms with Gasteiger partial charge in [-0.15, -0.1) is 0 Å². The van der Waals surface area contributed by atoms with Crippen LogP contribution in [0.25, 0.3) is 0 Å². The number of hydrogen-bond donors (Lipinski definition) is 2. The summed E-state index contributed by atoms with van der Waals surface area (Å²) in [6.45, 7) is 6.39. The van der Waals surface area contributed by atoms with E-state index >= 15 is 0 Å². The van der Waals surface area contributed by atoms with Gasteiger partial charge in [0.15, 0.2) is 0 Å². The molecule has 1 unspecified atom stereocenters. The van der Waals surface area contributed by atoms with E-state index in [0.29, 0.717) is 5.75 Å². The van der Waals surface area contributed by atoms with Crippen LogP contribution in [0, 0.1) is 0 Å². The Morgan fingerprint density at radius 1 is 1.24 bits per heavy atom. The summed E-state index contributed by atoms with van der Waals surface area (Å²) in [6.07, 6.45) is 0. The molecule has 1 atom stereocenters. The van der Waals surface area contributed by atoms with Gasteiger partial charge in [-0.25, -0.2) is 10.4 Å². The molecular formula is C13H21N3O. The third-order valence-electron chi connectivity index (χ3n) is 3.25. The first-order chi connectivity index (χ1) is 8.15. The molecule has 0 amide bonds. The molecule has 4 heteroatoms. The van der Waals surface area contributed by atoms with Gasteiger partial charge in [0.2, 0.25) is 0 Å². The number of rotatable bonds is 3. The Kier molecular flexibility index (Phi) is 3.99. The van der Waals surface area contributed by atoms with E-state index in [1.54, 1.807) is 6.07 Å². The predicted molar refractivity (Wildman–Crippen MR) is 68.7 cm³/mol. The summed E-state index contributed by atoms with van der Waals surface area (Å²) in [5, 5.41) is 11.7. The molecule has 94 valence electrons. The lowest BCUT2D eigenvalue weighted by atomic mass is 10.1. The van der Waals surface area contributed by atoms with Gasteiger partial charge in [0, 0.05) is 32.2 Å². The minimum Gasteiger partial charge on any atom is -0.508 e. The molecule has 4 nitrogen and oxygen atoms in total. The molecule has 1 aliphatic rings. The summed E-state index contributed by atoms with van der Waals surface area (Å²) in [5.74, 6) is 0.328. The Morgan fingerprint density at radius 3 is 2.59 bits per heavy atom. The molecule has 17 heavy (non-hydrogen) atoms. The zero-order chi connectivity index (χ0) is 12.3. The van der Waals surface area contributed by atoms with Crippen molar-refractivity contribution in [3.8, 4) is 5.75 Å². The van der Waals surface area contributed by atoms with E-state index in [9.17, 15) is 5.11 Å². The summed E-state index contributed by atoms with van der Waals surface area (Å²) >= 11 is 0. The van der Waals surface area contributed by atoms with Crippen LogP contribution in [0.4, 0.5) is 0 Å². The minimum absolute atomic E-state index is 0.227. The van der Waals surface area contributed by atoms with Crippen molar-refractivity contribution in [1.82, 2.24) is 15.3 Å². The van der Waals surface area contributed by atoms with E-state index < -0.39 is 0 Å². The predicted octanol–water partition coefficient (Wildman–Crippen LogP) is 1.21. The molecule has 0 radical (unpaired) electrons. The van der Waals surface area contributed by atoms with Crippen LogP contribution in [0.1, 0.15) is 18.5 Å². The molecule has 0 aromatic heterocycles. The van der Waals surface area contributed by atoms with Gasteiger partial charge in [0.25, 0.3) is 0 Å². The number of phenols is 1. The van der Waals surface area contributed by atoms with E-state index in [0.717, 1.165) is 31.7 Å². The maximum atomic E-state index is 9.45. The largest absolute Gasteiger partial charge is 0.508 e. The van der Waals surface area contributed by atoms with Crippen LogP contribution in [0.5, 0.6) is 5.75 Å². The van der Waals surface area contributed by atoms with Crippen LogP contribution in [0.15, 0.2) is 24.3 Å². The molecule has 1 aliphatic heterocycles. The molecule has 1 aromatic carbocycles. The average Bonchev–Trinajstić information content (AvgIpc) is 2.32. The molecule has 1 heterocycles. The van der Waals surface area contributed by atoms with Crippen molar-refractivity contribution in [3.05, 3.63) is 29.8 Å². The summed E-state index contributed by atoms with van der Waals surface area (Å²) in [6, 6.07) is 7.66. The molecule has 1 saturated heterocycles. The number of piperazine rings is 1. The highest BCUT2D eigenvalue weighted by Crippen LogP contribution is 2.18. The summed E-state index contributed by atoms with van der Waals surface area (Å²) < 4.78 is 0. The van der Waals surface area contributed by atoms with Gasteiger partial charge in [0.1, 0.15) is 5.75 Å². The first-order valence-electron chi connectivity index (χ1n) is 6.14. The number of benzene rings is 1. The number of likely N-dealkylation sites (N-methyl/N-ethyl adjacent to an activating group) is 1. The van der Waals surface area contributed by atoms with Crippen molar-refractivity contribution in [2.75, 3.05) is 33.2 Å². The van der Waals surface area contributed by atoms with Crippen LogP contribution >= 0.6 is 0 Å². The van der Waals surface area contributed by atoms with Crippen molar-refractivity contribution >= 4 is 0 Å². The van der Waals surface area contributed by atoms with Gasteiger partial charge in [-0.05, 0) is 31.7 Å². The average molecular weight is 235 g/mol. The highest BCUT2D eigenvalue weighted by molar-refractivity contribution is 5.28. The lowest BCUT2D eigenvalue weighted by Gasteiger charge is -2.34. The molecule has 0 bridgehead atoms. The summed E-state index contributed by atoms with van der Waals surface area (Å²) in [7, 11) is 2.15. The number of hydrogen-bond acceptors (Lipinski definition) is 4. The van der Waals surface area contributed by atoms with Crippen molar-refractivity contribution in [2.45, 2.75) is 13.0 Å². The van der Waals surface area contributed by atoms with Crippen molar-refractivity contribution in [1.29, 1.82) is 0 Å². The highest BCUT2D eigenvalue weighted by Gasteiger charge is 2.16. The molecule has 2 N–H and O–H groups in total. The fourth-order valence-corrected chi connectivity index (χ4v) is 2.08. The second kappa shape index (κ2) is 5.49. The monoisotopic (exact) mass is 235 g/mol. The van der Waals surface area contributed by atoms with E-state index in [1.807, 2.05) is 18.2 Å². The van der Waals surface area contributed by atoms with Crippen LogP contribution in [0.3, 0.4) is 0 Å². The van der Waals surface area contributed by atoms with Crippen LogP contribution in [-0.2, 0) is 0 Å². The SMILES string of the molecule is CC(NN1CCN(C)CC1)c1cccc(O)c1. The Bertz CT molecular complexity index is 361. The zero-order valence-corrected chi connectivity index (χ0v) is 10.6. The number of phenolic OH excluding ortho intramolecular Hbond substituents is 1. The van der Waals surface area contributed by atoms with Crippen molar-refractivity contribution in [3.63, 3.8) is 0 Å². The zero-order valence-electron chi connectivity index (χ0n) is 10.6. The Balaban J connectivity index is 1.90. The number of nitrogens with zero attached hydrogens (tertiary/aromatic N) is 2. The first kappa shape index (κ1) is 12.4. The van der Waals surface area contributed by atoms with Gasteiger partial charge >= 0.3 is 0 Å². The van der Waals surface area contributed by atoms with Crippen LogP contribution in [-0.4, -0.2) is 48.2 Å². The fraction of sp³-hybridized carbons (Fsp3) is 0.538. The molecule has 0 spiro atoms. The Labute approximate surface area is 103 Å². The summed E-state index contributed by atoms with van der Waals surface area (Å²) in [5.41, 5.74) is 4.59. The third-order valence-corrected chi connectivity index (χ3v) is 3.25. The van der Waals surface area contributed by atoms with Crippen LogP contribution < -0.4 is 5.43 Å². The van der Waals surface area contributed by atoms with Gasteiger partial charge < -0.3 is 10.0 Å². The van der Waals surface area contributed by atoms with Crippen LogP contribution in [0.2, 0.25) is 0 Å². The first-order valence-corrected chi connectivity index (χ1v) is 6.14. The minimum atomic E-state index is 0.227. The van der Waals surface area contributed by atoms with Crippen molar-refractivity contribution in [2.24, 2.45) is 0 Å². The van der Waals surface area contributed by atoms with Gasteiger partial charge in [0.05, 0.1) is 0 Å². The number of nitrogens with one attached hydrogen (secondary N) is 1. The number of hydrazine groups is 1. The van der Waals surface area contributed by atoms with E-state index in [2.05, 4.69) is 29.3 Å². The van der Waals surface area contributed by atoms with E-state index in [1.165, 1.54) is 0 Å². The number of aromatic hydroxyl groups is 1. The van der Waals surface area contributed by atoms with E-state index in [4.69, 9.17) is 0 Å². The smallest absolute Gasteiger partial charge is 0.115 e. The standard InChI is InChI=1S/C13H21N3O/c1-11(12-4-3-5-13(17)10-12)14-16-8-6-15(2)7-9-16/h3-5,10-11,14,17H,6-9H2,1-2H3. The lowest BCUT2D eigenvalue weighted by molar-refractivity contribution is 0.0898. The lowest BCUT2D eigenvalue weighted by Crippen LogP contribution is -2.51. The second-order valence-corrected chi connectivity index (χ2v) is 4.74. The molecule has 0 saturated carbocycles. The third kappa shape index (κ3) is 3.43. The topological polar surface area (TPSA) is 38.7 Å². The van der Waals surface area contributed by atoms with Gasteiger partial charge in [-0.2, -0.15) is 0 Å². The molecule has 0 aliphatic carbocycles. The van der Waals surface area contributed by atoms with Crippen molar-refractivity contribution < 1.29 is 5.11 Å². The second-order valence-electron chi connectivity index (χ2n) is 4.74. The molecular weight excluding hydrogens is 214 g/mol. The maximum Gasteiger partial charge on any atom is 0.115 e. The Morgan fingerprint density at radius 2 is 1.94 bits per heavy atom.